The van der Waals surface area contributed by atoms with E-state index in [1.165, 1.54) is 0 Å². The van der Waals surface area contributed by atoms with Crippen LogP contribution in [0.2, 0.25) is 0 Å². The van der Waals surface area contributed by atoms with Gasteiger partial charge < -0.3 is 10.8 Å². The number of hydrogen-bond acceptors (Lipinski definition) is 2. The van der Waals surface area contributed by atoms with Crippen molar-refractivity contribution < 1.29 is 5.11 Å². The third-order valence-corrected chi connectivity index (χ3v) is 4.10. The summed E-state index contributed by atoms with van der Waals surface area (Å²) in [6.45, 7) is 17.0. The van der Waals surface area contributed by atoms with E-state index in [2.05, 4.69) is 41.5 Å². The van der Waals surface area contributed by atoms with Crippen molar-refractivity contribution in [2.24, 2.45) is 16.6 Å². The van der Waals surface area contributed by atoms with Crippen LogP contribution in [0.25, 0.3) is 0 Å². The van der Waals surface area contributed by atoms with Crippen molar-refractivity contribution in [1.29, 1.82) is 0 Å². The van der Waals surface area contributed by atoms with Gasteiger partial charge in [-0.3, -0.25) is 0 Å². The highest BCUT2D eigenvalue weighted by atomic mass is 16.3. The van der Waals surface area contributed by atoms with Gasteiger partial charge in [-0.1, -0.05) is 27.7 Å². The predicted molar refractivity (Wildman–Crippen MR) is 76.0 cm³/mol. The van der Waals surface area contributed by atoms with E-state index in [0.717, 1.165) is 19.3 Å². The van der Waals surface area contributed by atoms with E-state index in [-0.39, 0.29) is 16.4 Å². The molecule has 0 aromatic heterocycles. The molecular formula is C15H33NO. The van der Waals surface area contributed by atoms with Gasteiger partial charge in [0.1, 0.15) is 0 Å². The van der Waals surface area contributed by atoms with Crippen LogP contribution < -0.4 is 5.73 Å². The molecule has 2 heteroatoms. The van der Waals surface area contributed by atoms with E-state index < -0.39 is 5.60 Å². The quantitative estimate of drug-likeness (QED) is 0.747. The Balaban J connectivity index is 4.67. The molecule has 0 aromatic carbocycles. The molecule has 0 fully saturated rings. The van der Waals surface area contributed by atoms with Crippen molar-refractivity contribution in [2.75, 3.05) is 0 Å². The van der Waals surface area contributed by atoms with Gasteiger partial charge in [-0.05, 0) is 57.8 Å². The van der Waals surface area contributed by atoms with Gasteiger partial charge in [0.05, 0.1) is 5.60 Å². The molecule has 0 heterocycles. The molecule has 0 saturated heterocycles. The third kappa shape index (κ3) is 6.42. The minimum absolute atomic E-state index is 0.0938. The fourth-order valence-corrected chi connectivity index (χ4v) is 2.29. The number of hydrogen-bond donors (Lipinski definition) is 2. The van der Waals surface area contributed by atoms with Crippen molar-refractivity contribution in [3.8, 4) is 0 Å². The summed E-state index contributed by atoms with van der Waals surface area (Å²) in [5.41, 5.74) is 5.61. The zero-order valence-corrected chi connectivity index (χ0v) is 13.1. The Morgan fingerprint density at radius 3 is 1.47 bits per heavy atom. The minimum atomic E-state index is -0.612. The first kappa shape index (κ1) is 16.9. The first-order valence-corrected chi connectivity index (χ1v) is 6.68. The molecular weight excluding hydrogens is 210 g/mol. The summed E-state index contributed by atoms with van der Waals surface area (Å²) < 4.78 is 0. The first-order valence-electron chi connectivity index (χ1n) is 6.68. The van der Waals surface area contributed by atoms with Crippen molar-refractivity contribution in [2.45, 2.75) is 85.8 Å². The van der Waals surface area contributed by atoms with Crippen molar-refractivity contribution >= 4 is 0 Å². The van der Waals surface area contributed by atoms with E-state index in [4.69, 9.17) is 5.73 Å². The topological polar surface area (TPSA) is 46.2 Å². The van der Waals surface area contributed by atoms with Gasteiger partial charge in [-0.15, -0.1) is 0 Å². The molecule has 0 aromatic rings. The molecule has 3 N–H and O–H groups in total. The van der Waals surface area contributed by atoms with Crippen LogP contribution in [-0.4, -0.2) is 16.2 Å². The highest BCUT2D eigenvalue weighted by molar-refractivity contribution is 4.91. The van der Waals surface area contributed by atoms with Crippen LogP contribution in [0.3, 0.4) is 0 Å². The van der Waals surface area contributed by atoms with Gasteiger partial charge in [0.25, 0.3) is 0 Å². The lowest BCUT2D eigenvalue weighted by atomic mass is 9.61. The molecule has 0 amide bonds. The number of rotatable bonds is 6. The van der Waals surface area contributed by atoms with Crippen LogP contribution >= 0.6 is 0 Å². The van der Waals surface area contributed by atoms with E-state index >= 15 is 0 Å². The Bertz CT molecular complexity index is 241. The molecule has 0 bridgehead atoms. The zero-order chi connectivity index (χ0) is 14.1. The van der Waals surface area contributed by atoms with Crippen LogP contribution in [0.1, 0.15) is 74.7 Å². The molecule has 0 aliphatic carbocycles. The van der Waals surface area contributed by atoms with Crippen LogP contribution in [0.4, 0.5) is 0 Å². The maximum atomic E-state index is 10.0. The molecule has 0 rings (SSSR count). The molecule has 104 valence electrons. The average Bonchev–Trinajstić information content (AvgIpc) is 1.94. The summed E-state index contributed by atoms with van der Waals surface area (Å²) >= 11 is 0. The Morgan fingerprint density at radius 2 is 1.18 bits per heavy atom. The molecule has 2 nitrogen and oxygen atoms in total. The lowest BCUT2D eigenvalue weighted by Gasteiger charge is -2.46. The smallest absolute Gasteiger partial charge is 0.0597 e. The van der Waals surface area contributed by atoms with Crippen molar-refractivity contribution in [3.63, 3.8) is 0 Å². The second kappa shape index (κ2) is 4.89. The van der Waals surface area contributed by atoms with Gasteiger partial charge >= 0.3 is 0 Å². The van der Waals surface area contributed by atoms with Crippen molar-refractivity contribution in [3.05, 3.63) is 0 Å². The average molecular weight is 243 g/mol. The maximum absolute atomic E-state index is 10.0. The summed E-state index contributed by atoms with van der Waals surface area (Å²) in [5, 5.41) is 10.0. The summed E-state index contributed by atoms with van der Waals surface area (Å²) in [7, 11) is 0. The highest BCUT2D eigenvalue weighted by Gasteiger charge is 2.40. The molecule has 0 saturated carbocycles. The van der Waals surface area contributed by atoms with Crippen LogP contribution in [0, 0.1) is 10.8 Å². The summed E-state index contributed by atoms with van der Waals surface area (Å²) in [4.78, 5) is 0. The molecule has 17 heavy (non-hydrogen) atoms. The van der Waals surface area contributed by atoms with E-state index in [9.17, 15) is 5.11 Å². The highest BCUT2D eigenvalue weighted by Crippen LogP contribution is 2.47. The van der Waals surface area contributed by atoms with Crippen molar-refractivity contribution in [1.82, 2.24) is 0 Å². The molecule has 0 spiro atoms. The van der Waals surface area contributed by atoms with Gasteiger partial charge in [0.2, 0.25) is 0 Å². The number of nitrogens with two attached hydrogens (primary N) is 1. The maximum Gasteiger partial charge on any atom is 0.0597 e. The van der Waals surface area contributed by atoms with E-state index in [0.29, 0.717) is 0 Å². The van der Waals surface area contributed by atoms with Gasteiger partial charge in [-0.2, -0.15) is 0 Å². The largest absolute Gasteiger partial charge is 0.390 e. The van der Waals surface area contributed by atoms with Gasteiger partial charge in [0.15, 0.2) is 0 Å². The summed E-state index contributed by atoms with van der Waals surface area (Å²) in [6, 6.07) is 0. The fraction of sp³-hybridized carbons (Fsp3) is 1.00. The third-order valence-electron chi connectivity index (χ3n) is 4.10. The summed E-state index contributed by atoms with van der Waals surface area (Å²) in [6.07, 6.45) is 2.90. The van der Waals surface area contributed by atoms with Gasteiger partial charge in [-0.25, -0.2) is 0 Å². The Kier molecular flexibility index (Phi) is 4.87. The van der Waals surface area contributed by atoms with Crippen LogP contribution in [-0.2, 0) is 0 Å². The van der Waals surface area contributed by atoms with Crippen LogP contribution in [0.5, 0.6) is 0 Å². The Hall–Kier alpha value is -0.0800. The normalized spacial score (nSPS) is 15.2. The Labute approximate surface area is 108 Å². The monoisotopic (exact) mass is 243 g/mol. The first-order chi connectivity index (χ1) is 7.16. The molecule has 0 unspecified atom stereocenters. The van der Waals surface area contributed by atoms with E-state index in [1.54, 1.807) is 0 Å². The van der Waals surface area contributed by atoms with Crippen LogP contribution in [0.15, 0.2) is 0 Å². The standard InChI is InChI=1S/C15H33NO/c1-12(2,9-10-14(5,6)16)13(3,4)11-15(7,8)17/h17H,9-11,16H2,1-8H3. The zero-order valence-electron chi connectivity index (χ0n) is 13.1. The molecule has 0 aliphatic rings. The molecule has 0 aliphatic heterocycles. The molecule has 0 radical (unpaired) electrons. The second-order valence-corrected chi connectivity index (χ2v) is 8.25. The molecule has 0 atom stereocenters. The van der Waals surface area contributed by atoms with Gasteiger partial charge in [0, 0.05) is 5.54 Å². The minimum Gasteiger partial charge on any atom is -0.390 e. The Morgan fingerprint density at radius 1 is 0.765 bits per heavy atom. The lowest BCUT2D eigenvalue weighted by molar-refractivity contribution is -0.0212. The summed E-state index contributed by atoms with van der Waals surface area (Å²) in [5.74, 6) is 0. The number of aliphatic hydroxyl groups is 1. The lowest BCUT2D eigenvalue weighted by Crippen LogP contribution is -2.41. The van der Waals surface area contributed by atoms with E-state index in [1.807, 2.05) is 13.8 Å². The second-order valence-electron chi connectivity index (χ2n) is 8.25. The fourth-order valence-electron chi connectivity index (χ4n) is 2.29. The SMILES string of the molecule is CC(C)(N)CCC(C)(C)C(C)(C)CC(C)(C)O. The predicted octanol–water partition coefficient (Wildman–Crippen LogP) is 3.72.